The predicted octanol–water partition coefficient (Wildman–Crippen LogP) is -0.0594. The van der Waals surface area contributed by atoms with E-state index in [2.05, 4.69) is 5.32 Å². The average Bonchev–Trinajstić information content (AvgIpc) is 2.83. The number of nitrogens with one attached hydrogen (secondary N) is 2. The zero-order valence-electron chi connectivity index (χ0n) is 14.2. The second-order valence-electron chi connectivity index (χ2n) is 6.14. The van der Waals surface area contributed by atoms with Gasteiger partial charge in [-0.05, 0) is 19.8 Å². The molecule has 1 saturated carbocycles. The van der Waals surface area contributed by atoms with Gasteiger partial charge in [-0.25, -0.2) is 4.79 Å². The van der Waals surface area contributed by atoms with Crippen molar-refractivity contribution in [2.45, 2.75) is 39.0 Å². The summed E-state index contributed by atoms with van der Waals surface area (Å²) in [5.41, 5.74) is 0. The van der Waals surface area contributed by atoms with Crippen LogP contribution < -0.4 is 10.6 Å². The Labute approximate surface area is 145 Å². The zero-order valence-corrected chi connectivity index (χ0v) is 14.2. The number of rotatable bonds is 6. The molecule has 2 fully saturated rings. The lowest BCUT2D eigenvalue weighted by molar-refractivity contribution is -0.149. The Morgan fingerprint density at radius 1 is 1.12 bits per heavy atom. The molecule has 138 valence electrons. The molecule has 0 aromatic carbocycles. The van der Waals surface area contributed by atoms with Gasteiger partial charge in [-0.1, -0.05) is 12.8 Å². The number of esters is 1. The lowest BCUT2D eigenvalue weighted by atomic mass is 9.81. The van der Waals surface area contributed by atoms with E-state index in [-0.39, 0.29) is 36.6 Å². The Hall–Kier alpha value is -2.45. The molecule has 5 amide bonds. The van der Waals surface area contributed by atoms with Crippen molar-refractivity contribution < 1.29 is 28.7 Å². The number of amides is 5. The predicted molar refractivity (Wildman–Crippen MR) is 85.0 cm³/mol. The van der Waals surface area contributed by atoms with E-state index in [1.807, 2.05) is 5.32 Å². The van der Waals surface area contributed by atoms with Gasteiger partial charge in [0.1, 0.15) is 0 Å². The van der Waals surface area contributed by atoms with Crippen LogP contribution >= 0.6 is 0 Å². The maximum Gasteiger partial charge on any atom is 0.321 e. The molecule has 2 rings (SSSR count). The average molecular weight is 353 g/mol. The van der Waals surface area contributed by atoms with Crippen LogP contribution in [-0.2, 0) is 23.9 Å². The Kier molecular flexibility index (Phi) is 6.49. The molecular formula is C16H23N3O6. The standard InChI is InChI=1S/C16H23N3O6/c1-2-17-16(24)18-12(20)9-25-13(21)7-8-19-14(22)10-5-3-4-6-11(10)15(19)23/h10-11H,2-9H2,1H3,(H2,17,18,20,24)/t10-,11-/m0/s1. The van der Waals surface area contributed by atoms with Crippen molar-refractivity contribution in [2.75, 3.05) is 19.7 Å². The van der Waals surface area contributed by atoms with Gasteiger partial charge in [0.2, 0.25) is 11.8 Å². The van der Waals surface area contributed by atoms with Crippen molar-refractivity contribution in [1.29, 1.82) is 0 Å². The topological polar surface area (TPSA) is 122 Å². The third kappa shape index (κ3) is 4.77. The minimum Gasteiger partial charge on any atom is -0.456 e. The van der Waals surface area contributed by atoms with Crippen molar-refractivity contribution in [2.24, 2.45) is 11.8 Å². The molecule has 1 aliphatic heterocycles. The van der Waals surface area contributed by atoms with Gasteiger partial charge >= 0.3 is 12.0 Å². The lowest BCUT2D eigenvalue weighted by Crippen LogP contribution is -2.41. The van der Waals surface area contributed by atoms with Crippen LogP contribution in [0, 0.1) is 11.8 Å². The van der Waals surface area contributed by atoms with Gasteiger partial charge in [0.25, 0.3) is 5.91 Å². The second-order valence-corrected chi connectivity index (χ2v) is 6.14. The summed E-state index contributed by atoms with van der Waals surface area (Å²) in [7, 11) is 0. The number of fused-ring (bicyclic) bond motifs is 1. The minimum atomic E-state index is -0.751. The highest BCUT2D eigenvalue weighted by molar-refractivity contribution is 6.05. The summed E-state index contributed by atoms with van der Waals surface area (Å²) in [6.45, 7) is 1.42. The van der Waals surface area contributed by atoms with E-state index in [0.29, 0.717) is 6.54 Å². The van der Waals surface area contributed by atoms with E-state index >= 15 is 0 Å². The fourth-order valence-electron chi connectivity index (χ4n) is 3.24. The van der Waals surface area contributed by atoms with E-state index in [1.165, 1.54) is 0 Å². The molecule has 0 aromatic heterocycles. The Morgan fingerprint density at radius 3 is 2.28 bits per heavy atom. The van der Waals surface area contributed by atoms with Crippen molar-refractivity contribution in [1.82, 2.24) is 15.5 Å². The number of likely N-dealkylation sites (tertiary alicyclic amines) is 1. The van der Waals surface area contributed by atoms with Crippen LogP contribution in [0.1, 0.15) is 39.0 Å². The summed E-state index contributed by atoms with van der Waals surface area (Å²) >= 11 is 0. The molecule has 1 heterocycles. The Bertz CT molecular complexity index is 552. The quantitative estimate of drug-likeness (QED) is 0.510. The highest BCUT2D eigenvalue weighted by Gasteiger charge is 2.47. The number of nitrogens with zero attached hydrogens (tertiary/aromatic N) is 1. The molecule has 1 aliphatic carbocycles. The zero-order chi connectivity index (χ0) is 18.4. The van der Waals surface area contributed by atoms with Crippen LogP contribution in [0.5, 0.6) is 0 Å². The Morgan fingerprint density at radius 2 is 1.72 bits per heavy atom. The molecule has 2 aliphatic rings. The maximum atomic E-state index is 12.3. The number of urea groups is 1. The van der Waals surface area contributed by atoms with Crippen LogP contribution in [0.3, 0.4) is 0 Å². The molecule has 0 bridgehead atoms. The summed E-state index contributed by atoms with van der Waals surface area (Å²) in [4.78, 5) is 59.9. The van der Waals surface area contributed by atoms with Crippen LogP contribution in [0.4, 0.5) is 4.79 Å². The number of hydrogen-bond acceptors (Lipinski definition) is 6. The van der Waals surface area contributed by atoms with Gasteiger partial charge in [-0.15, -0.1) is 0 Å². The smallest absolute Gasteiger partial charge is 0.321 e. The summed E-state index contributed by atoms with van der Waals surface area (Å²) in [5, 5.41) is 4.36. The van der Waals surface area contributed by atoms with Gasteiger partial charge in [0.05, 0.1) is 18.3 Å². The first-order valence-electron chi connectivity index (χ1n) is 8.52. The lowest BCUT2D eigenvalue weighted by Gasteiger charge is -2.19. The van der Waals surface area contributed by atoms with Crippen LogP contribution in [0.25, 0.3) is 0 Å². The largest absolute Gasteiger partial charge is 0.456 e. The molecule has 2 N–H and O–H groups in total. The van der Waals surface area contributed by atoms with E-state index in [0.717, 1.165) is 30.6 Å². The van der Waals surface area contributed by atoms with Crippen molar-refractivity contribution in [3.05, 3.63) is 0 Å². The van der Waals surface area contributed by atoms with Gasteiger partial charge in [0, 0.05) is 13.1 Å². The highest BCUT2D eigenvalue weighted by atomic mass is 16.5. The Balaban J connectivity index is 1.73. The molecule has 25 heavy (non-hydrogen) atoms. The molecule has 0 unspecified atom stereocenters. The monoisotopic (exact) mass is 353 g/mol. The van der Waals surface area contributed by atoms with E-state index in [9.17, 15) is 24.0 Å². The third-order valence-corrected chi connectivity index (χ3v) is 4.43. The van der Waals surface area contributed by atoms with Crippen LogP contribution in [0.2, 0.25) is 0 Å². The van der Waals surface area contributed by atoms with Crippen molar-refractivity contribution >= 4 is 29.7 Å². The molecule has 9 heteroatoms. The first kappa shape index (κ1) is 18.9. The molecular weight excluding hydrogens is 330 g/mol. The van der Waals surface area contributed by atoms with Gasteiger partial charge in [-0.3, -0.25) is 29.4 Å². The fraction of sp³-hybridized carbons (Fsp3) is 0.688. The summed E-state index contributed by atoms with van der Waals surface area (Å²) in [5.74, 6) is -2.38. The van der Waals surface area contributed by atoms with Crippen LogP contribution in [0.15, 0.2) is 0 Å². The SMILES string of the molecule is CCNC(=O)NC(=O)COC(=O)CCN1C(=O)[C@H]2CCCC[C@@H]2C1=O. The molecule has 2 atom stereocenters. The summed E-state index contributed by atoms with van der Waals surface area (Å²) in [6, 6.07) is -0.667. The number of imide groups is 2. The molecule has 0 aromatic rings. The van der Waals surface area contributed by atoms with E-state index in [1.54, 1.807) is 6.92 Å². The van der Waals surface area contributed by atoms with E-state index < -0.39 is 24.5 Å². The highest BCUT2D eigenvalue weighted by Crippen LogP contribution is 2.37. The number of carbonyl (C=O) groups excluding carboxylic acids is 5. The molecule has 1 saturated heterocycles. The number of hydrogen-bond donors (Lipinski definition) is 2. The van der Waals surface area contributed by atoms with Crippen molar-refractivity contribution in [3.63, 3.8) is 0 Å². The summed E-state index contributed by atoms with van der Waals surface area (Å²) in [6.07, 6.45) is 3.14. The number of ether oxygens (including phenoxy) is 1. The molecule has 9 nitrogen and oxygen atoms in total. The first-order valence-corrected chi connectivity index (χ1v) is 8.52. The first-order chi connectivity index (χ1) is 11.9. The maximum absolute atomic E-state index is 12.3. The normalized spacial score (nSPS) is 22.4. The van der Waals surface area contributed by atoms with Gasteiger partial charge < -0.3 is 10.1 Å². The molecule has 0 radical (unpaired) electrons. The van der Waals surface area contributed by atoms with E-state index in [4.69, 9.17) is 4.74 Å². The number of carbonyl (C=O) groups is 5. The van der Waals surface area contributed by atoms with Crippen LogP contribution in [-0.4, -0.2) is 54.3 Å². The third-order valence-electron chi connectivity index (χ3n) is 4.43. The second kappa shape index (κ2) is 8.59. The van der Waals surface area contributed by atoms with Crippen molar-refractivity contribution in [3.8, 4) is 0 Å². The minimum absolute atomic E-state index is 0.0402. The van der Waals surface area contributed by atoms with Gasteiger partial charge in [0.15, 0.2) is 6.61 Å². The molecule has 0 spiro atoms. The fourth-order valence-corrected chi connectivity index (χ4v) is 3.24. The summed E-state index contributed by atoms with van der Waals surface area (Å²) < 4.78 is 4.75. The van der Waals surface area contributed by atoms with Gasteiger partial charge in [-0.2, -0.15) is 0 Å².